The molecule has 130 heavy (non-hydrogen) atoms. The van der Waals surface area contributed by atoms with Gasteiger partial charge in [-0.15, -0.1) is 0 Å². The van der Waals surface area contributed by atoms with Crippen molar-refractivity contribution in [3.05, 3.63) is 65.7 Å². The first kappa shape index (κ1) is 110. The zero-order chi connectivity index (χ0) is 96.7. The van der Waals surface area contributed by atoms with Crippen molar-refractivity contribution in [2.75, 3.05) is 75.4 Å². The first-order chi connectivity index (χ1) is 61.5. The van der Waals surface area contributed by atoms with Gasteiger partial charge in [0.05, 0.1) is 32.2 Å². The van der Waals surface area contributed by atoms with E-state index in [4.69, 9.17) is 56.0 Å². The minimum atomic E-state index is -1.77. The molecule has 0 radical (unpaired) electrons. The molecule has 2 aliphatic rings. The highest BCUT2D eigenvalue weighted by atomic mass is 33.1. The number of carbonyl (C=O) groups is 17. The smallest absolute Gasteiger partial charge is 0.244 e. The van der Waals surface area contributed by atoms with Gasteiger partial charge in [0.1, 0.15) is 78.3 Å². The van der Waals surface area contributed by atoms with Crippen molar-refractivity contribution in [3.8, 4) is 5.75 Å². The number of primary amides is 1. The third kappa shape index (κ3) is 43.2. The molecule has 0 aliphatic carbocycles. The average Bonchev–Trinajstić information content (AvgIpc) is 0.846. The summed E-state index contributed by atoms with van der Waals surface area (Å²) < 4.78 is 0. The topological polar surface area (TPSA) is 803 Å². The van der Waals surface area contributed by atoms with Gasteiger partial charge in [-0.1, -0.05) is 127 Å². The standard InChI is InChI=1S/C78H126N30O18S4/c1-39(2)28-49(99-57(111)32-93-56(110)31-94-63(115)45(79)16-10-24-89-75(81)82)66(118)103-53-36-128-130-38-55(72(124)107-60(40(3)4)73(125)96-34-58(112)97-46(62(80)114)17-11-25-90-76(83)84)106-74(126)61(41(5)6)108-71(123)54-37-129-127-35-52(104-68(120)51(102-70(53)122)30-43-20-22-44(109)23-21-43)69(121)100-47(18-12-26-91-77(85)86)64(116)95-33-59(113)98-48(19-13-27-92-78(87)88)65(117)101-50(67(119)105-54)29-42-14-8-7-9-15-42/h7-9,14-15,20-23,39-41,45-55,60-61,109H,10-13,16-19,24-38,79H2,1-6H3,(H2,80,114)(H,93,110)(H,94,115)(H,95,116)(H,96,125)(H,97,112)(H,98,113)(H,99,111)(H,100,121)(H,101,117)(H,102,122)(H,103,118)(H,104,120)(H,105,119)(H,106,126)(H,107,124)(H,108,123)(H4,81,82,89)(H4,83,84,90)(H4,85,86,91)(H4,87,88,92)/t45-,46-,47?,48-,49-,50?,51?,52-,53-,54-,55?,60-,61?/m0/s1. The Hall–Kier alpha value is -12.3. The molecule has 2 aromatic rings. The number of nitrogens with one attached hydrogen (secondary N) is 24. The number of fused-ring (bicyclic) bond motifs is 5. The summed E-state index contributed by atoms with van der Waals surface area (Å²) in [6.07, 6.45) is -0.362. The van der Waals surface area contributed by atoms with Gasteiger partial charge in [0, 0.05) is 62.0 Å². The number of nitrogens with two attached hydrogens (primary N) is 6. The van der Waals surface area contributed by atoms with E-state index >= 15 is 33.6 Å². The van der Waals surface area contributed by atoms with E-state index in [2.05, 4.69) is 106 Å². The van der Waals surface area contributed by atoms with Crippen LogP contribution in [0.25, 0.3) is 0 Å². The summed E-state index contributed by atoms with van der Waals surface area (Å²) in [6, 6.07) is -6.53. The number of benzene rings is 2. The Kier molecular flexibility index (Phi) is 49.3. The van der Waals surface area contributed by atoms with E-state index in [-0.39, 0.29) is 113 Å². The minimum Gasteiger partial charge on any atom is -0.508 e. The Balaban J connectivity index is 1.98. The van der Waals surface area contributed by atoms with E-state index in [1.54, 1.807) is 58.0 Å². The summed E-state index contributed by atoms with van der Waals surface area (Å²) in [5.41, 5.74) is 34.1. The van der Waals surface area contributed by atoms with Gasteiger partial charge in [-0.2, -0.15) is 0 Å². The van der Waals surface area contributed by atoms with Gasteiger partial charge < -0.3 is 146 Å². The summed E-state index contributed by atoms with van der Waals surface area (Å²) in [5.74, 6) is -22.1. The van der Waals surface area contributed by atoms with E-state index in [1.807, 2.05) is 0 Å². The molecule has 720 valence electrons. The van der Waals surface area contributed by atoms with Crippen LogP contribution in [-0.2, 0) is 94.3 Å². The van der Waals surface area contributed by atoms with Crippen molar-refractivity contribution >= 4 is 167 Å². The number of phenols is 1. The third-order valence-electron chi connectivity index (χ3n) is 19.4. The number of hydrogen-bond acceptors (Lipinski definition) is 27. The molecule has 13 atom stereocenters. The number of rotatable bonds is 39. The molecule has 2 heterocycles. The van der Waals surface area contributed by atoms with Gasteiger partial charge >= 0.3 is 0 Å². The van der Waals surface area contributed by atoms with Crippen molar-refractivity contribution in [2.45, 2.75) is 191 Å². The van der Waals surface area contributed by atoms with Gasteiger partial charge in [-0.05, 0) is 98.8 Å². The van der Waals surface area contributed by atoms with Crippen LogP contribution in [0.15, 0.2) is 54.6 Å². The highest BCUT2D eigenvalue weighted by molar-refractivity contribution is 8.77. The molecule has 4 rings (SSSR count). The monoisotopic (exact) mass is 1900 g/mol. The van der Waals surface area contributed by atoms with E-state index < -0.39 is 258 Å². The first-order valence-electron chi connectivity index (χ1n) is 41.9. The number of aromatic hydroxyl groups is 1. The van der Waals surface area contributed by atoms with Crippen LogP contribution >= 0.6 is 43.2 Å². The van der Waals surface area contributed by atoms with Gasteiger partial charge in [-0.25, -0.2) is 0 Å². The van der Waals surface area contributed by atoms with E-state index in [0.29, 0.717) is 12.0 Å². The van der Waals surface area contributed by atoms with Crippen LogP contribution in [0.3, 0.4) is 0 Å². The fraction of sp³-hybridized carbons (Fsp3) is 0.577. The maximum Gasteiger partial charge on any atom is 0.244 e. The molecule has 5 unspecified atom stereocenters. The zero-order valence-electron chi connectivity index (χ0n) is 73.2. The molecule has 2 aliphatic heterocycles. The van der Waals surface area contributed by atoms with Crippen molar-refractivity contribution in [3.63, 3.8) is 0 Å². The second kappa shape index (κ2) is 58.3. The molecule has 2 aromatic carbocycles. The van der Waals surface area contributed by atoms with Crippen LogP contribution in [0.2, 0.25) is 0 Å². The van der Waals surface area contributed by atoms with Gasteiger partial charge in [0.2, 0.25) is 100 Å². The SMILES string of the molecule is CC(C)C[C@H](NC(=O)CNC(=O)CNC(=O)[C@@H](N)CCCNC(=N)N)C(=O)N[C@H]1CSSCC(C(=O)N[C@H](C(=O)NCC(=O)N[C@@H](CCCNC(=N)N)C(N)=O)C(C)C)NC(=O)C(C(C)C)NC(=O)[C@@H]2CSSC[C@H](NC(=O)C(Cc3ccc(O)cc3)NC1=O)C(=O)NC(CCCNC(=N)N)C(=O)NCC(=O)N[C@@H](CCCNC(=N)N)C(=O)NC(Cc1ccccc1)C(=O)N2. The maximum atomic E-state index is 15.5. The van der Waals surface area contributed by atoms with Crippen molar-refractivity contribution < 1.29 is 86.6 Å². The van der Waals surface area contributed by atoms with Crippen LogP contribution in [0, 0.1) is 39.4 Å². The average molecular weight is 1900 g/mol. The number of carbonyl (C=O) groups excluding carboxylic acids is 17. The zero-order valence-corrected chi connectivity index (χ0v) is 76.4. The molecule has 52 heteroatoms. The normalized spacial score (nSPS) is 20.6. The summed E-state index contributed by atoms with van der Waals surface area (Å²) >= 11 is 0. The quantitative estimate of drug-likeness (QED) is 0.0128. The number of amides is 17. The Bertz CT molecular complexity index is 4240. The predicted octanol–water partition coefficient (Wildman–Crippen LogP) is -8.53. The predicted molar refractivity (Wildman–Crippen MR) is 490 cm³/mol. The molecule has 0 saturated carbocycles. The molecule has 2 fully saturated rings. The molecular formula is C78H126N30O18S4. The van der Waals surface area contributed by atoms with Crippen molar-refractivity contribution in [1.29, 1.82) is 21.6 Å². The molecule has 2 bridgehead atoms. The van der Waals surface area contributed by atoms with Gasteiger partial charge in [0.15, 0.2) is 23.8 Å². The highest BCUT2D eigenvalue weighted by Gasteiger charge is 2.39. The van der Waals surface area contributed by atoms with Crippen LogP contribution in [0.1, 0.15) is 110 Å². The van der Waals surface area contributed by atoms with Gasteiger partial charge in [0.25, 0.3) is 0 Å². The molecule has 0 aromatic heterocycles. The second-order valence-electron chi connectivity index (χ2n) is 31.4. The first-order valence-corrected chi connectivity index (χ1v) is 46.9. The minimum absolute atomic E-state index is 0.00702. The molecule has 0 spiro atoms. The Morgan fingerprint density at radius 3 is 1.45 bits per heavy atom. The molecule has 37 N–H and O–H groups in total. The Labute approximate surface area is 767 Å². The van der Waals surface area contributed by atoms with Crippen molar-refractivity contribution in [1.82, 2.24) is 106 Å². The summed E-state index contributed by atoms with van der Waals surface area (Å²) in [6.45, 7) is 6.98. The Morgan fingerprint density at radius 2 is 0.915 bits per heavy atom. The lowest BCUT2D eigenvalue weighted by Crippen LogP contribution is -2.62. The highest BCUT2D eigenvalue weighted by Crippen LogP contribution is 2.27. The fourth-order valence-corrected chi connectivity index (χ4v) is 17.1. The van der Waals surface area contributed by atoms with E-state index in [0.717, 1.165) is 43.2 Å². The van der Waals surface area contributed by atoms with Crippen LogP contribution in [0.4, 0.5) is 0 Å². The van der Waals surface area contributed by atoms with E-state index in [9.17, 15) is 53.1 Å². The fourth-order valence-electron chi connectivity index (χ4n) is 12.4. The molecule has 2 saturated heterocycles. The second-order valence-corrected chi connectivity index (χ2v) is 36.6. The number of phenolic OH excluding ortho intramolecular Hbond substituents is 1. The summed E-state index contributed by atoms with van der Waals surface area (Å²) in [5, 5.41) is 92.1. The lowest BCUT2D eigenvalue weighted by Gasteiger charge is -2.30. The van der Waals surface area contributed by atoms with Gasteiger partial charge in [-0.3, -0.25) is 103 Å². The Morgan fingerprint density at radius 1 is 0.454 bits per heavy atom. The van der Waals surface area contributed by atoms with E-state index in [1.165, 1.54) is 38.1 Å². The number of guanidine groups is 4. The number of hydrogen-bond donors (Lipinski definition) is 31. The largest absolute Gasteiger partial charge is 0.508 e. The van der Waals surface area contributed by atoms with Crippen molar-refractivity contribution in [2.24, 2.45) is 52.2 Å². The lowest BCUT2D eigenvalue weighted by molar-refractivity contribution is -0.136. The molecule has 48 nitrogen and oxygen atoms in total. The summed E-state index contributed by atoms with van der Waals surface area (Å²) in [4.78, 5) is 245. The molecule has 17 amide bonds. The summed E-state index contributed by atoms with van der Waals surface area (Å²) in [7, 11) is 3.28. The van der Waals surface area contributed by atoms with Crippen LogP contribution in [0.5, 0.6) is 5.75 Å². The van der Waals surface area contributed by atoms with Crippen LogP contribution < -0.4 is 141 Å². The lowest BCUT2D eigenvalue weighted by atomic mass is 10.0. The maximum absolute atomic E-state index is 15.5. The third-order valence-corrected chi connectivity index (χ3v) is 24.2. The molecular weight excluding hydrogens is 1770 g/mol. The van der Waals surface area contributed by atoms with Crippen LogP contribution in [-0.4, -0.2) is 283 Å².